The minimum absolute atomic E-state index is 0.157. The predicted molar refractivity (Wildman–Crippen MR) is 106 cm³/mol. The van der Waals surface area contributed by atoms with E-state index in [4.69, 9.17) is 0 Å². The van der Waals surface area contributed by atoms with Crippen LogP contribution in [-0.2, 0) is 19.5 Å². The number of carbonyl (C=O) groups excluding carboxylic acids is 1. The number of H-pyrrole nitrogens is 1. The molecule has 0 radical (unpaired) electrons. The number of aryl methyl sites for hydroxylation is 1. The van der Waals surface area contributed by atoms with Crippen LogP contribution in [0.15, 0.2) is 53.5 Å². The molecule has 1 aromatic carbocycles. The number of hydrogen-bond donors (Lipinski definition) is 2. The smallest absolute Gasteiger partial charge is 0.318 e. The van der Waals surface area contributed by atoms with Crippen molar-refractivity contribution < 1.29 is 4.79 Å². The summed E-state index contributed by atoms with van der Waals surface area (Å²) >= 11 is 0. The third-order valence-corrected chi connectivity index (χ3v) is 4.96. The van der Waals surface area contributed by atoms with Crippen molar-refractivity contribution in [2.75, 3.05) is 6.54 Å². The topological polar surface area (TPSA) is 91.0 Å². The number of nitrogens with one attached hydrogen (secondary N) is 2. The number of fused-ring (bicyclic) bond motifs is 1. The number of hydrogen-bond acceptors (Lipinski definition) is 4. The quantitative estimate of drug-likeness (QED) is 0.735. The Balaban J connectivity index is 1.51. The molecule has 2 aromatic heterocycles. The van der Waals surface area contributed by atoms with E-state index in [1.807, 2.05) is 37.3 Å². The van der Waals surface area contributed by atoms with Crippen LogP contribution in [0.2, 0.25) is 0 Å². The van der Waals surface area contributed by atoms with Crippen LogP contribution in [0.3, 0.4) is 0 Å². The van der Waals surface area contributed by atoms with Crippen molar-refractivity contribution in [3.8, 4) is 11.5 Å². The average Bonchev–Trinajstić information content (AvgIpc) is 2.73. The maximum absolute atomic E-state index is 12.6. The van der Waals surface area contributed by atoms with E-state index < -0.39 is 0 Å². The summed E-state index contributed by atoms with van der Waals surface area (Å²) in [6.07, 6.45) is 2.14. The number of aromatic amines is 1. The molecule has 2 amide bonds. The molecule has 0 saturated heterocycles. The van der Waals surface area contributed by atoms with Crippen LogP contribution in [0.5, 0.6) is 0 Å². The molecule has 0 unspecified atom stereocenters. The molecule has 142 valence electrons. The second kappa shape index (κ2) is 7.64. The Morgan fingerprint density at radius 1 is 1.21 bits per heavy atom. The zero-order valence-corrected chi connectivity index (χ0v) is 15.6. The molecular formula is C21H21N5O2. The molecule has 0 aliphatic carbocycles. The first-order valence-electron chi connectivity index (χ1n) is 9.22. The minimum atomic E-state index is -0.161. The molecule has 0 atom stereocenters. The Labute approximate surface area is 162 Å². The molecule has 0 saturated carbocycles. The second-order valence-electron chi connectivity index (χ2n) is 6.81. The van der Waals surface area contributed by atoms with Gasteiger partial charge in [0.2, 0.25) is 0 Å². The Bertz CT molecular complexity index is 1060. The normalized spacial score (nSPS) is 13.1. The molecule has 0 spiro atoms. The number of aromatic nitrogens is 3. The number of pyridine rings is 1. The summed E-state index contributed by atoms with van der Waals surface area (Å²) in [6, 6.07) is 13.2. The molecule has 2 N–H and O–H groups in total. The molecule has 28 heavy (non-hydrogen) atoms. The number of amides is 2. The summed E-state index contributed by atoms with van der Waals surface area (Å²) in [5, 5.41) is 2.96. The number of urea groups is 1. The first kappa shape index (κ1) is 17.9. The fourth-order valence-electron chi connectivity index (χ4n) is 3.33. The minimum Gasteiger partial charge on any atom is -0.334 e. The van der Waals surface area contributed by atoms with Crippen molar-refractivity contribution in [1.29, 1.82) is 0 Å². The summed E-state index contributed by atoms with van der Waals surface area (Å²) < 4.78 is 0. The molecule has 7 heteroatoms. The number of rotatable bonds is 3. The third kappa shape index (κ3) is 3.64. The predicted octanol–water partition coefficient (Wildman–Crippen LogP) is 2.41. The molecule has 0 fully saturated rings. The Morgan fingerprint density at radius 2 is 2.04 bits per heavy atom. The van der Waals surface area contributed by atoms with Crippen LogP contribution in [0, 0.1) is 6.92 Å². The lowest BCUT2D eigenvalue weighted by Gasteiger charge is -2.28. The van der Waals surface area contributed by atoms with Crippen LogP contribution >= 0.6 is 0 Å². The van der Waals surface area contributed by atoms with E-state index in [0.717, 1.165) is 11.1 Å². The van der Waals surface area contributed by atoms with Gasteiger partial charge in [-0.3, -0.25) is 9.78 Å². The maximum atomic E-state index is 12.6. The molecule has 1 aliphatic heterocycles. The highest BCUT2D eigenvalue weighted by molar-refractivity contribution is 5.74. The molecule has 0 bridgehead atoms. The van der Waals surface area contributed by atoms with Gasteiger partial charge in [-0.25, -0.2) is 9.78 Å². The zero-order chi connectivity index (χ0) is 19.5. The van der Waals surface area contributed by atoms with Crippen LogP contribution in [0.4, 0.5) is 4.79 Å². The highest BCUT2D eigenvalue weighted by atomic mass is 16.2. The standard InChI is InChI=1S/C21H21N5O2/c1-14-6-2-3-7-15(14)12-23-21(28)26-11-9-16-18(13-26)24-19(25-20(16)27)17-8-4-5-10-22-17/h2-8,10H,9,11-13H2,1H3,(H,23,28)(H,24,25,27). The van der Waals surface area contributed by atoms with E-state index >= 15 is 0 Å². The van der Waals surface area contributed by atoms with E-state index in [1.165, 1.54) is 0 Å². The van der Waals surface area contributed by atoms with Gasteiger partial charge in [-0.2, -0.15) is 0 Å². The van der Waals surface area contributed by atoms with Crippen molar-refractivity contribution in [2.45, 2.75) is 26.4 Å². The maximum Gasteiger partial charge on any atom is 0.318 e. The summed E-state index contributed by atoms with van der Waals surface area (Å²) in [7, 11) is 0. The first-order chi connectivity index (χ1) is 13.6. The average molecular weight is 375 g/mol. The van der Waals surface area contributed by atoms with Gasteiger partial charge in [0, 0.05) is 24.8 Å². The summed E-state index contributed by atoms with van der Waals surface area (Å²) in [5.41, 5.74) is 3.93. The van der Waals surface area contributed by atoms with Gasteiger partial charge in [-0.1, -0.05) is 30.3 Å². The zero-order valence-electron chi connectivity index (χ0n) is 15.6. The number of carbonyl (C=O) groups is 1. The van der Waals surface area contributed by atoms with Gasteiger partial charge in [0.25, 0.3) is 5.56 Å². The highest BCUT2D eigenvalue weighted by Gasteiger charge is 2.24. The second-order valence-corrected chi connectivity index (χ2v) is 6.81. The van der Waals surface area contributed by atoms with Crippen LogP contribution in [0.25, 0.3) is 11.5 Å². The van der Waals surface area contributed by atoms with E-state index in [-0.39, 0.29) is 11.6 Å². The van der Waals surface area contributed by atoms with E-state index in [1.54, 1.807) is 23.2 Å². The van der Waals surface area contributed by atoms with Crippen LogP contribution in [-0.4, -0.2) is 32.4 Å². The van der Waals surface area contributed by atoms with Gasteiger partial charge < -0.3 is 15.2 Å². The molecule has 3 aromatic rings. The Hall–Kier alpha value is -3.48. The van der Waals surface area contributed by atoms with E-state index in [0.29, 0.717) is 48.8 Å². The van der Waals surface area contributed by atoms with Crippen molar-refractivity contribution >= 4 is 6.03 Å². The van der Waals surface area contributed by atoms with Crippen LogP contribution < -0.4 is 10.9 Å². The lowest BCUT2D eigenvalue weighted by Crippen LogP contribution is -2.44. The molecule has 4 rings (SSSR count). The van der Waals surface area contributed by atoms with Crippen molar-refractivity contribution in [3.63, 3.8) is 0 Å². The number of nitrogens with zero attached hydrogens (tertiary/aromatic N) is 3. The molecular weight excluding hydrogens is 354 g/mol. The van der Waals surface area contributed by atoms with E-state index in [9.17, 15) is 9.59 Å². The van der Waals surface area contributed by atoms with Gasteiger partial charge in [0.1, 0.15) is 5.69 Å². The largest absolute Gasteiger partial charge is 0.334 e. The van der Waals surface area contributed by atoms with Crippen molar-refractivity contribution in [2.24, 2.45) is 0 Å². The Morgan fingerprint density at radius 3 is 2.82 bits per heavy atom. The summed E-state index contributed by atoms with van der Waals surface area (Å²) in [4.78, 5) is 38.4. The number of benzene rings is 1. The van der Waals surface area contributed by atoms with Gasteiger partial charge >= 0.3 is 6.03 Å². The molecule has 1 aliphatic rings. The fourth-order valence-corrected chi connectivity index (χ4v) is 3.33. The third-order valence-electron chi connectivity index (χ3n) is 4.96. The van der Waals surface area contributed by atoms with Gasteiger partial charge in [-0.05, 0) is 36.6 Å². The van der Waals surface area contributed by atoms with Gasteiger partial charge in [0.15, 0.2) is 5.82 Å². The van der Waals surface area contributed by atoms with E-state index in [2.05, 4.69) is 20.3 Å². The van der Waals surface area contributed by atoms with Gasteiger partial charge in [0.05, 0.1) is 12.2 Å². The van der Waals surface area contributed by atoms with Crippen LogP contribution in [0.1, 0.15) is 22.4 Å². The van der Waals surface area contributed by atoms with Crippen molar-refractivity contribution in [3.05, 3.63) is 81.4 Å². The SMILES string of the molecule is Cc1ccccc1CNC(=O)N1CCc2c(nc(-c3ccccn3)[nH]c2=O)C1. The Kier molecular flexibility index (Phi) is 4.89. The first-order valence-corrected chi connectivity index (χ1v) is 9.22. The molecule has 3 heterocycles. The van der Waals surface area contributed by atoms with Crippen molar-refractivity contribution in [1.82, 2.24) is 25.2 Å². The summed E-state index contributed by atoms with van der Waals surface area (Å²) in [5.74, 6) is 0.423. The summed E-state index contributed by atoms with van der Waals surface area (Å²) in [6.45, 7) is 3.28. The molecule has 7 nitrogen and oxygen atoms in total. The lowest BCUT2D eigenvalue weighted by atomic mass is 10.1. The monoisotopic (exact) mass is 375 g/mol. The fraction of sp³-hybridized carbons (Fsp3) is 0.238. The highest BCUT2D eigenvalue weighted by Crippen LogP contribution is 2.17. The van der Waals surface area contributed by atoms with Gasteiger partial charge in [-0.15, -0.1) is 0 Å². The lowest BCUT2D eigenvalue weighted by molar-refractivity contribution is 0.190.